The van der Waals surface area contributed by atoms with Crippen LogP contribution in [0.1, 0.15) is 5.56 Å². The van der Waals surface area contributed by atoms with Gasteiger partial charge in [0, 0.05) is 23.2 Å². The molecule has 0 saturated carbocycles. The van der Waals surface area contributed by atoms with Crippen LogP contribution in [0.5, 0.6) is 0 Å². The minimum Gasteiger partial charge on any atom is -0.361 e. The van der Waals surface area contributed by atoms with Crippen LogP contribution in [0.2, 0.25) is 5.15 Å². The van der Waals surface area contributed by atoms with Gasteiger partial charge in [-0.2, -0.15) is 0 Å². The van der Waals surface area contributed by atoms with Crippen LogP contribution in [0, 0.1) is 0 Å². The summed E-state index contributed by atoms with van der Waals surface area (Å²) in [7, 11) is 0. The average molecular weight is 287 g/mol. The summed E-state index contributed by atoms with van der Waals surface area (Å²) in [4.78, 5) is 22.8. The minimum atomic E-state index is -0.149. The smallest absolute Gasteiger partial charge is 0.230 e. The molecule has 1 aromatic carbocycles. The first kappa shape index (κ1) is 12.6. The molecule has 100 valence electrons. The average Bonchev–Trinajstić information content (AvgIpc) is 2.82. The molecule has 0 saturated heterocycles. The van der Waals surface area contributed by atoms with Gasteiger partial charge in [0.25, 0.3) is 0 Å². The van der Waals surface area contributed by atoms with E-state index in [4.69, 9.17) is 11.6 Å². The van der Waals surface area contributed by atoms with Crippen LogP contribution < -0.4 is 5.32 Å². The van der Waals surface area contributed by atoms with Crippen molar-refractivity contribution in [1.29, 1.82) is 0 Å². The predicted octanol–water partition coefficient (Wildman–Crippen LogP) is 2.79. The van der Waals surface area contributed by atoms with Crippen LogP contribution in [0.3, 0.4) is 0 Å². The Labute approximate surface area is 120 Å². The van der Waals surface area contributed by atoms with Crippen LogP contribution in [0.4, 0.5) is 5.82 Å². The van der Waals surface area contributed by atoms with Crippen molar-refractivity contribution in [2.45, 2.75) is 6.42 Å². The Morgan fingerprint density at radius 1 is 1.30 bits per heavy atom. The summed E-state index contributed by atoms with van der Waals surface area (Å²) >= 11 is 5.74. The van der Waals surface area contributed by atoms with E-state index < -0.39 is 0 Å². The normalized spacial score (nSPS) is 10.7. The molecule has 0 unspecified atom stereocenters. The SMILES string of the molecule is O=C(Cc1c[nH]c2ccccc12)Nc1cc(Cl)ncn1. The van der Waals surface area contributed by atoms with E-state index in [2.05, 4.69) is 20.3 Å². The highest BCUT2D eigenvalue weighted by Crippen LogP contribution is 2.18. The molecule has 0 fully saturated rings. The molecule has 2 heterocycles. The third-order valence-electron chi connectivity index (χ3n) is 2.93. The topological polar surface area (TPSA) is 70.7 Å². The first-order chi connectivity index (χ1) is 9.72. The summed E-state index contributed by atoms with van der Waals surface area (Å²) in [5, 5.41) is 4.04. The van der Waals surface area contributed by atoms with Gasteiger partial charge in [-0.1, -0.05) is 29.8 Å². The van der Waals surface area contributed by atoms with Gasteiger partial charge in [-0.25, -0.2) is 9.97 Å². The predicted molar refractivity (Wildman–Crippen MR) is 77.7 cm³/mol. The fourth-order valence-electron chi connectivity index (χ4n) is 2.04. The zero-order valence-electron chi connectivity index (χ0n) is 10.4. The highest BCUT2D eigenvalue weighted by Gasteiger charge is 2.09. The van der Waals surface area contributed by atoms with E-state index >= 15 is 0 Å². The number of carbonyl (C=O) groups excluding carboxylic acids is 1. The number of aromatic nitrogens is 3. The van der Waals surface area contributed by atoms with Crippen LogP contribution in [0.15, 0.2) is 42.9 Å². The lowest BCUT2D eigenvalue weighted by Gasteiger charge is -2.03. The monoisotopic (exact) mass is 286 g/mol. The Bertz CT molecular complexity index is 768. The molecule has 2 aromatic heterocycles. The zero-order chi connectivity index (χ0) is 13.9. The number of halogens is 1. The Morgan fingerprint density at radius 3 is 3.00 bits per heavy atom. The van der Waals surface area contributed by atoms with E-state index in [0.717, 1.165) is 16.5 Å². The van der Waals surface area contributed by atoms with Gasteiger partial charge in [-0.05, 0) is 11.6 Å². The largest absolute Gasteiger partial charge is 0.361 e. The molecule has 2 N–H and O–H groups in total. The molecule has 0 atom stereocenters. The molecular weight excluding hydrogens is 276 g/mol. The van der Waals surface area contributed by atoms with Gasteiger partial charge in [0.05, 0.1) is 6.42 Å². The number of anilines is 1. The summed E-state index contributed by atoms with van der Waals surface area (Å²) in [5.74, 6) is 0.249. The number of amides is 1. The number of hydrogen-bond donors (Lipinski definition) is 2. The lowest BCUT2D eigenvalue weighted by Crippen LogP contribution is -2.15. The lowest BCUT2D eigenvalue weighted by atomic mass is 10.1. The van der Waals surface area contributed by atoms with E-state index in [-0.39, 0.29) is 12.3 Å². The Hall–Kier alpha value is -2.40. The van der Waals surface area contributed by atoms with Gasteiger partial charge < -0.3 is 10.3 Å². The molecule has 5 nitrogen and oxygen atoms in total. The molecule has 6 heteroatoms. The number of nitrogens with zero attached hydrogens (tertiary/aromatic N) is 2. The van der Waals surface area contributed by atoms with Gasteiger partial charge >= 0.3 is 0 Å². The molecule has 0 aliphatic heterocycles. The summed E-state index contributed by atoms with van der Waals surface area (Å²) < 4.78 is 0. The molecule has 3 rings (SSSR count). The number of para-hydroxylation sites is 1. The minimum absolute atomic E-state index is 0.149. The maximum atomic E-state index is 12.0. The van der Waals surface area contributed by atoms with Gasteiger partial charge in [-0.3, -0.25) is 4.79 Å². The van der Waals surface area contributed by atoms with Crippen molar-refractivity contribution in [2.75, 3.05) is 5.32 Å². The molecule has 20 heavy (non-hydrogen) atoms. The first-order valence-corrected chi connectivity index (χ1v) is 6.42. The van der Waals surface area contributed by atoms with Crippen molar-refractivity contribution in [2.24, 2.45) is 0 Å². The van der Waals surface area contributed by atoms with Gasteiger partial charge in [-0.15, -0.1) is 0 Å². The molecule has 3 aromatic rings. The first-order valence-electron chi connectivity index (χ1n) is 6.05. The molecule has 0 radical (unpaired) electrons. The number of benzene rings is 1. The third-order valence-corrected chi connectivity index (χ3v) is 3.13. The number of aromatic amines is 1. The number of fused-ring (bicyclic) bond motifs is 1. The third kappa shape index (κ3) is 2.62. The highest BCUT2D eigenvalue weighted by molar-refractivity contribution is 6.29. The summed E-state index contributed by atoms with van der Waals surface area (Å²) in [6.07, 6.45) is 3.42. The van der Waals surface area contributed by atoms with Gasteiger partial charge in [0.1, 0.15) is 17.3 Å². The van der Waals surface area contributed by atoms with Gasteiger partial charge in [0.15, 0.2) is 0 Å². The number of H-pyrrole nitrogens is 1. The van der Waals surface area contributed by atoms with E-state index in [0.29, 0.717) is 11.0 Å². The zero-order valence-corrected chi connectivity index (χ0v) is 11.2. The second-order valence-electron chi connectivity index (χ2n) is 4.31. The summed E-state index contributed by atoms with van der Waals surface area (Å²) in [5.41, 5.74) is 1.96. The van der Waals surface area contributed by atoms with E-state index in [9.17, 15) is 4.79 Å². The fourth-order valence-corrected chi connectivity index (χ4v) is 2.19. The molecular formula is C14H11ClN4O. The van der Waals surface area contributed by atoms with E-state index in [1.54, 1.807) is 0 Å². The Morgan fingerprint density at radius 2 is 2.15 bits per heavy atom. The summed E-state index contributed by atoms with van der Waals surface area (Å²) in [6.45, 7) is 0. The van der Waals surface area contributed by atoms with Crippen LogP contribution in [0.25, 0.3) is 10.9 Å². The van der Waals surface area contributed by atoms with Crippen molar-refractivity contribution >= 4 is 34.2 Å². The van der Waals surface area contributed by atoms with Crippen molar-refractivity contribution in [1.82, 2.24) is 15.0 Å². The van der Waals surface area contributed by atoms with E-state index in [1.165, 1.54) is 12.4 Å². The maximum absolute atomic E-state index is 12.0. The maximum Gasteiger partial charge on any atom is 0.230 e. The number of nitrogens with one attached hydrogen (secondary N) is 2. The van der Waals surface area contributed by atoms with Crippen LogP contribution in [-0.4, -0.2) is 20.9 Å². The Balaban J connectivity index is 1.76. The lowest BCUT2D eigenvalue weighted by molar-refractivity contribution is -0.115. The van der Waals surface area contributed by atoms with Crippen molar-refractivity contribution in [3.05, 3.63) is 53.6 Å². The van der Waals surface area contributed by atoms with Crippen LogP contribution >= 0.6 is 11.6 Å². The second kappa shape index (κ2) is 5.30. The van der Waals surface area contributed by atoms with Crippen LogP contribution in [-0.2, 0) is 11.2 Å². The second-order valence-corrected chi connectivity index (χ2v) is 4.70. The molecule has 0 spiro atoms. The number of hydrogen-bond acceptors (Lipinski definition) is 3. The Kier molecular flexibility index (Phi) is 3.35. The van der Waals surface area contributed by atoms with Gasteiger partial charge in [0.2, 0.25) is 5.91 Å². The highest BCUT2D eigenvalue weighted by atomic mass is 35.5. The number of carbonyl (C=O) groups is 1. The molecule has 0 bridgehead atoms. The van der Waals surface area contributed by atoms with E-state index in [1.807, 2.05) is 30.5 Å². The molecule has 0 aliphatic rings. The quantitative estimate of drug-likeness (QED) is 0.727. The van der Waals surface area contributed by atoms with Crippen molar-refractivity contribution in [3.63, 3.8) is 0 Å². The standard InChI is InChI=1S/C14H11ClN4O/c15-12-6-13(18-8-17-12)19-14(20)5-9-7-16-11-4-2-1-3-10(9)11/h1-4,6-8,16H,5H2,(H,17,18,19,20). The number of rotatable bonds is 3. The molecule has 0 aliphatic carbocycles. The van der Waals surface area contributed by atoms with Crippen molar-refractivity contribution < 1.29 is 4.79 Å². The molecule has 1 amide bonds. The fraction of sp³-hybridized carbons (Fsp3) is 0.0714. The van der Waals surface area contributed by atoms with Crippen molar-refractivity contribution in [3.8, 4) is 0 Å². The summed E-state index contributed by atoms with van der Waals surface area (Å²) in [6, 6.07) is 9.36.